The lowest BCUT2D eigenvalue weighted by atomic mass is 10.6. The summed E-state index contributed by atoms with van der Waals surface area (Å²) in [6.45, 7) is 4.24. The molecular weight excluding hydrogens is 284 g/mol. The Balaban J connectivity index is 2.16. The first-order valence-electron chi connectivity index (χ1n) is 5.34. The van der Waals surface area contributed by atoms with Crippen molar-refractivity contribution in [2.24, 2.45) is 0 Å². The van der Waals surface area contributed by atoms with Gasteiger partial charge in [-0.05, 0) is 12.2 Å². The summed E-state index contributed by atoms with van der Waals surface area (Å²) in [5.74, 6) is 1.45. The number of rotatable bonds is 5. The number of allylic oxidation sites excluding steroid dienone is 1. The number of hydrogen-bond acceptors (Lipinski definition) is 6. The molecule has 2 rings (SSSR count). The van der Waals surface area contributed by atoms with E-state index in [0.29, 0.717) is 22.2 Å². The van der Waals surface area contributed by atoms with Crippen molar-refractivity contribution in [2.45, 2.75) is 17.5 Å². The van der Waals surface area contributed by atoms with Gasteiger partial charge in [0.05, 0.1) is 5.75 Å². The maximum atomic E-state index is 11.3. The molecule has 100 valence electrons. The molecule has 0 aliphatic heterocycles. The molecule has 0 aliphatic carbocycles. The Morgan fingerprint density at radius 3 is 3.11 bits per heavy atom. The molecule has 19 heavy (non-hydrogen) atoms. The number of nitrogens with two attached hydrogens (primary N) is 1. The van der Waals surface area contributed by atoms with Crippen LogP contribution in [0.15, 0.2) is 28.7 Å². The summed E-state index contributed by atoms with van der Waals surface area (Å²) in [4.78, 5) is 17.9. The van der Waals surface area contributed by atoms with Gasteiger partial charge < -0.3 is 10.7 Å². The zero-order valence-electron chi connectivity index (χ0n) is 9.92. The van der Waals surface area contributed by atoms with Crippen LogP contribution >= 0.6 is 24.0 Å². The number of nitrogens with zero attached hydrogens (tertiary/aromatic N) is 3. The summed E-state index contributed by atoms with van der Waals surface area (Å²) >= 11 is 6.43. The number of H-pyrrole nitrogens is 2. The molecule has 7 nitrogen and oxygen atoms in total. The average Bonchev–Trinajstić information content (AvgIpc) is 2.68. The van der Waals surface area contributed by atoms with Gasteiger partial charge in [-0.3, -0.25) is 14.5 Å². The van der Waals surface area contributed by atoms with Gasteiger partial charge in [0, 0.05) is 12.6 Å². The van der Waals surface area contributed by atoms with Crippen LogP contribution in [0.25, 0.3) is 0 Å². The molecule has 0 atom stereocenters. The van der Waals surface area contributed by atoms with Crippen LogP contribution in [0.2, 0.25) is 0 Å². The average molecular weight is 296 g/mol. The maximum absolute atomic E-state index is 11.3. The molecule has 0 unspecified atom stereocenters. The van der Waals surface area contributed by atoms with Crippen molar-refractivity contribution in [3.05, 3.63) is 39.7 Å². The van der Waals surface area contributed by atoms with Gasteiger partial charge >= 0.3 is 0 Å². The fourth-order valence-corrected chi connectivity index (χ4v) is 2.49. The van der Waals surface area contributed by atoms with Crippen LogP contribution in [0.5, 0.6) is 0 Å². The predicted octanol–water partition coefficient (Wildman–Crippen LogP) is 1.08. The molecule has 0 saturated heterocycles. The molecule has 0 spiro atoms. The number of nitrogen functional groups attached to an aromatic ring is 1. The van der Waals surface area contributed by atoms with Crippen LogP contribution in [0.1, 0.15) is 5.82 Å². The van der Waals surface area contributed by atoms with E-state index in [1.165, 1.54) is 17.8 Å². The number of anilines is 1. The molecule has 2 aromatic heterocycles. The SMILES string of the molecule is C=CCn1c(CSc2nc(N)cc(=O)[nH]2)n[nH]c1=S. The monoisotopic (exact) mass is 296 g/mol. The Morgan fingerprint density at radius 1 is 1.63 bits per heavy atom. The highest BCUT2D eigenvalue weighted by molar-refractivity contribution is 7.98. The summed E-state index contributed by atoms with van der Waals surface area (Å²) in [7, 11) is 0. The number of hydrogen-bond donors (Lipinski definition) is 3. The van der Waals surface area contributed by atoms with Crippen LogP contribution in [0, 0.1) is 4.77 Å². The lowest BCUT2D eigenvalue weighted by Crippen LogP contribution is -2.09. The Labute approximate surface area is 118 Å². The third-order valence-electron chi connectivity index (χ3n) is 2.23. The van der Waals surface area contributed by atoms with Gasteiger partial charge in [-0.25, -0.2) is 4.98 Å². The zero-order chi connectivity index (χ0) is 13.8. The van der Waals surface area contributed by atoms with E-state index >= 15 is 0 Å². The normalized spacial score (nSPS) is 10.5. The first-order chi connectivity index (χ1) is 9.10. The largest absolute Gasteiger partial charge is 0.383 e. The predicted molar refractivity (Wildman–Crippen MR) is 76.4 cm³/mol. The minimum absolute atomic E-state index is 0.191. The highest BCUT2D eigenvalue weighted by Gasteiger charge is 2.07. The summed E-state index contributed by atoms with van der Waals surface area (Å²) in [5.41, 5.74) is 5.23. The Hall–Kier alpha value is -1.87. The van der Waals surface area contributed by atoms with E-state index < -0.39 is 0 Å². The summed E-state index contributed by atoms with van der Waals surface area (Å²) in [6, 6.07) is 1.23. The van der Waals surface area contributed by atoms with Gasteiger partial charge in [-0.2, -0.15) is 5.10 Å². The molecule has 0 amide bonds. The fraction of sp³-hybridized carbons (Fsp3) is 0.200. The minimum atomic E-state index is -0.278. The van der Waals surface area contributed by atoms with Crippen LogP contribution in [-0.4, -0.2) is 24.7 Å². The number of aromatic amines is 2. The lowest BCUT2D eigenvalue weighted by molar-refractivity contribution is 0.765. The number of thioether (sulfide) groups is 1. The van der Waals surface area contributed by atoms with Crippen molar-refractivity contribution >= 4 is 29.8 Å². The molecule has 2 heterocycles. The second-order valence-electron chi connectivity index (χ2n) is 3.61. The minimum Gasteiger partial charge on any atom is -0.383 e. The first-order valence-corrected chi connectivity index (χ1v) is 6.74. The van der Waals surface area contributed by atoms with E-state index in [4.69, 9.17) is 18.0 Å². The second-order valence-corrected chi connectivity index (χ2v) is 4.96. The fourth-order valence-electron chi connectivity index (χ4n) is 1.43. The standard InChI is InChI=1S/C10H12N6OS2/c1-2-3-16-7(14-15-10(16)18)5-19-9-12-6(11)4-8(17)13-9/h2,4H,1,3,5H2,(H,15,18)(H3,11,12,13,17). The van der Waals surface area contributed by atoms with Crippen LogP contribution in [-0.2, 0) is 12.3 Å². The van der Waals surface area contributed by atoms with Crippen molar-refractivity contribution < 1.29 is 0 Å². The number of nitrogens with one attached hydrogen (secondary N) is 2. The quantitative estimate of drug-likeness (QED) is 0.330. The molecule has 0 aliphatic rings. The third-order valence-corrected chi connectivity index (χ3v) is 3.41. The van der Waals surface area contributed by atoms with Crippen LogP contribution < -0.4 is 11.3 Å². The van der Waals surface area contributed by atoms with E-state index in [9.17, 15) is 4.79 Å². The zero-order valence-corrected chi connectivity index (χ0v) is 11.6. The van der Waals surface area contributed by atoms with Gasteiger partial charge in [0.2, 0.25) is 0 Å². The van der Waals surface area contributed by atoms with Crippen molar-refractivity contribution in [3.63, 3.8) is 0 Å². The van der Waals surface area contributed by atoms with E-state index in [0.717, 1.165) is 5.82 Å². The van der Waals surface area contributed by atoms with Gasteiger partial charge in [-0.15, -0.1) is 6.58 Å². The van der Waals surface area contributed by atoms with E-state index in [1.54, 1.807) is 6.08 Å². The summed E-state index contributed by atoms with van der Waals surface area (Å²) in [5, 5.41) is 7.29. The molecule has 0 radical (unpaired) electrons. The molecule has 0 bridgehead atoms. The summed E-state index contributed by atoms with van der Waals surface area (Å²) < 4.78 is 2.35. The maximum Gasteiger partial charge on any atom is 0.253 e. The van der Waals surface area contributed by atoms with E-state index in [2.05, 4.69) is 26.7 Å². The van der Waals surface area contributed by atoms with Crippen molar-refractivity contribution in [3.8, 4) is 0 Å². The molecule has 2 aromatic rings. The molecule has 4 N–H and O–H groups in total. The highest BCUT2D eigenvalue weighted by Crippen LogP contribution is 2.17. The third kappa shape index (κ3) is 3.32. The van der Waals surface area contributed by atoms with Crippen molar-refractivity contribution in [1.82, 2.24) is 24.7 Å². The lowest BCUT2D eigenvalue weighted by Gasteiger charge is -2.03. The topological polar surface area (TPSA) is 105 Å². The van der Waals surface area contributed by atoms with E-state index in [-0.39, 0.29) is 11.4 Å². The molecule has 0 aromatic carbocycles. The molecule has 9 heteroatoms. The van der Waals surface area contributed by atoms with E-state index in [1.807, 2.05) is 4.57 Å². The second kappa shape index (κ2) is 5.85. The number of aromatic nitrogens is 5. The molecule has 0 fully saturated rings. The van der Waals surface area contributed by atoms with Gasteiger partial charge in [0.1, 0.15) is 11.6 Å². The van der Waals surface area contributed by atoms with Crippen LogP contribution in [0.3, 0.4) is 0 Å². The van der Waals surface area contributed by atoms with Gasteiger partial charge in [0.25, 0.3) is 5.56 Å². The highest BCUT2D eigenvalue weighted by atomic mass is 32.2. The molecular formula is C10H12N6OS2. The van der Waals surface area contributed by atoms with Crippen LogP contribution in [0.4, 0.5) is 5.82 Å². The van der Waals surface area contributed by atoms with Gasteiger partial charge in [-0.1, -0.05) is 17.8 Å². The molecule has 0 saturated carbocycles. The first kappa shape index (κ1) is 13.6. The van der Waals surface area contributed by atoms with Crippen molar-refractivity contribution in [1.29, 1.82) is 0 Å². The Bertz CT molecular complexity index is 701. The van der Waals surface area contributed by atoms with Gasteiger partial charge in [0.15, 0.2) is 9.93 Å². The summed E-state index contributed by atoms with van der Waals surface area (Å²) in [6.07, 6.45) is 1.74. The smallest absolute Gasteiger partial charge is 0.253 e. The Kier molecular flexibility index (Phi) is 4.17. The Morgan fingerprint density at radius 2 is 2.42 bits per heavy atom. The van der Waals surface area contributed by atoms with Crippen molar-refractivity contribution in [2.75, 3.05) is 5.73 Å².